The fraction of sp³-hybridized carbons (Fsp3) is 0. The molecule has 2 aromatic heterocycles. The van der Waals surface area contributed by atoms with Crippen LogP contribution in [0.1, 0.15) is 0 Å². The van der Waals surface area contributed by atoms with Gasteiger partial charge in [0.25, 0.3) is 0 Å². The summed E-state index contributed by atoms with van der Waals surface area (Å²) in [6.07, 6.45) is 3.55. The molecule has 0 amide bonds. The number of hydrogen-bond acceptors (Lipinski definition) is 4. The van der Waals surface area contributed by atoms with E-state index < -0.39 is 0 Å². The third-order valence-electron chi connectivity index (χ3n) is 2.45. The summed E-state index contributed by atoms with van der Waals surface area (Å²) in [5, 5.41) is 7.23. The van der Waals surface area contributed by atoms with Crippen LogP contribution in [0.15, 0.2) is 46.5 Å². The third kappa shape index (κ3) is 2.04. The number of rotatable bonds is 2. The molecule has 0 aliphatic rings. The third-order valence-corrected chi connectivity index (χ3v) is 3.72. The summed E-state index contributed by atoms with van der Waals surface area (Å²) in [7, 11) is 0. The lowest BCUT2D eigenvalue weighted by atomic mass is 10.3. The highest BCUT2D eigenvalue weighted by molar-refractivity contribution is 9.10. The van der Waals surface area contributed by atoms with Crippen molar-refractivity contribution < 1.29 is 0 Å². The lowest BCUT2D eigenvalue weighted by Gasteiger charge is -2.00. The number of halogens is 1. The summed E-state index contributed by atoms with van der Waals surface area (Å²) in [4.78, 5) is 4.23. The van der Waals surface area contributed by atoms with E-state index in [0.29, 0.717) is 5.69 Å². The molecule has 0 saturated heterocycles. The van der Waals surface area contributed by atoms with Crippen molar-refractivity contribution in [3.63, 3.8) is 0 Å². The van der Waals surface area contributed by atoms with Crippen molar-refractivity contribution in [2.45, 2.75) is 0 Å². The first-order valence-electron chi connectivity index (χ1n) is 5.25. The van der Waals surface area contributed by atoms with Crippen LogP contribution in [0.25, 0.3) is 16.4 Å². The molecule has 0 aliphatic carbocycles. The first kappa shape index (κ1) is 11.4. The van der Waals surface area contributed by atoms with Crippen LogP contribution in [0.5, 0.6) is 0 Å². The Morgan fingerprint density at radius 2 is 2.22 bits per heavy atom. The molecule has 0 radical (unpaired) electrons. The van der Waals surface area contributed by atoms with Gasteiger partial charge in [-0.3, -0.25) is 0 Å². The first-order chi connectivity index (χ1) is 8.74. The standard InChI is InChI=1S/C12H9BrN4S/c13-8-2-1-3-9(6-8)17-7-10(14)11(16-17)12-15-4-5-18-12/h1-7H,14H2. The number of hydrogen-bond donors (Lipinski definition) is 1. The van der Waals surface area contributed by atoms with Gasteiger partial charge in [-0.05, 0) is 18.2 Å². The Kier molecular flexibility index (Phi) is 2.89. The Labute approximate surface area is 116 Å². The van der Waals surface area contributed by atoms with E-state index in [0.717, 1.165) is 20.9 Å². The summed E-state index contributed by atoms with van der Waals surface area (Å²) in [5.74, 6) is 0. The summed E-state index contributed by atoms with van der Waals surface area (Å²) in [6.45, 7) is 0. The van der Waals surface area contributed by atoms with Crippen LogP contribution in [-0.2, 0) is 0 Å². The van der Waals surface area contributed by atoms with E-state index in [2.05, 4.69) is 26.0 Å². The lowest BCUT2D eigenvalue weighted by molar-refractivity contribution is 0.883. The van der Waals surface area contributed by atoms with Crippen molar-refractivity contribution in [2.24, 2.45) is 0 Å². The molecule has 1 aromatic carbocycles. The summed E-state index contributed by atoms with van der Waals surface area (Å²) in [6, 6.07) is 7.89. The molecule has 4 nitrogen and oxygen atoms in total. The second kappa shape index (κ2) is 4.55. The Balaban J connectivity index is 2.08. The van der Waals surface area contributed by atoms with Gasteiger partial charge in [-0.2, -0.15) is 5.10 Å². The van der Waals surface area contributed by atoms with Gasteiger partial charge in [-0.25, -0.2) is 9.67 Å². The van der Waals surface area contributed by atoms with Gasteiger partial charge < -0.3 is 5.73 Å². The zero-order chi connectivity index (χ0) is 12.5. The number of anilines is 1. The fourth-order valence-electron chi connectivity index (χ4n) is 1.64. The molecular formula is C12H9BrN4S. The number of benzene rings is 1. The van der Waals surface area contributed by atoms with E-state index in [9.17, 15) is 0 Å². The zero-order valence-corrected chi connectivity index (χ0v) is 11.6. The van der Waals surface area contributed by atoms with Crippen molar-refractivity contribution >= 4 is 33.0 Å². The topological polar surface area (TPSA) is 56.7 Å². The maximum Gasteiger partial charge on any atom is 0.145 e. The van der Waals surface area contributed by atoms with Gasteiger partial charge in [-0.1, -0.05) is 22.0 Å². The maximum absolute atomic E-state index is 5.98. The SMILES string of the molecule is Nc1cn(-c2cccc(Br)c2)nc1-c1nccs1. The first-order valence-corrected chi connectivity index (χ1v) is 6.92. The van der Waals surface area contributed by atoms with Crippen molar-refractivity contribution in [1.29, 1.82) is 0 Å². The minimum absolute atomic E-state index is 0.630. The summed E-state index contributed by atoms with van der Waals surface area (Å²) >= 11 is 4.97. The molecule has 0 saturated carbocycles. The van der Waals surface area contributed by atoms with E-state index in [1.54, 1.807) is 17.1 Å². The smallest absolute Gasteiger partial charge is 0.145 e. The molecule has 0 fully saturated rings. The van der Waals surface area contributed by atoms with Gasteiger partial charge in [-0.15, -0.1) is 11.3 Å². The molecule has 18 heavy (non-hydrogen) atoms. The minimum atomic E-state index is 0.630. The lowest BCUT2D eigenvalue weighted by Crippen LogP contribution is -1.94. The van der Waals surface area contributed by atoms with E-state index in [4.69, 9.17) is 5.73 Å². The fourth-order valence-corrected chi connectivity index (χ4v) is 2.67. The molecule has 0 aliphatic heterocycles. The number of nitrogens with zero attached hydrogens (tertiary/aromatic N) is 3. The summed E-state index contributed by atoms with van der Waals surface area (Å²) in [5.41, 5.74) is 8.29. The van der Waals surface area contributed by atoms with Crippen LogP contribution in [-0.4, -0.2) is 14.8 Å². The molecule has 2 N–H and O–H groups in total. The van der Waals surface area contributed by atoms with Crippen molar-refractivity contribution in [2.75, 3.05) is 5.73 Å². The Hall–Kier alpha value is -1.66. The molecule has 3 rings (SSSR count). The van der Waals surface area contributed by atoms with Crippen molar-refractivity contribution in [3.05, 3.63) is 46.5 Å². The number of aromatic nitrogens is 3. The molecule has 0 bridgehead atoms. The number of nitrogen functional groups attached to an aromatic ring is 1. The second-order valence-corrected chi connectivity index (χ2v) is 5.50. The maximum atomic E-state index is 5.98. The Bertz CT molecular complexity index is 675. The molecule has 0 unspecified atom stereocenters. The molecule has 2 heterocycles. The van der Waals surface area contributed by atoms with Gasteiger partial charge in [0.1, 0.15) is 10.7 Å². The average Bonchev–Trinajstić information content (AvgIpc) is 2.97. The van der Waals surface area contributed by atoms with Crippen LogP contribution >= 0.6 is 27.3 Å². The molecule has 6 heteroatoms. The van der Waals surface area contributed by atoms with E-state index >= 15 is 0 Å². The van der Waals surface area contributed by atoms with E-state index in [1.807, 2.05) is 29.6 Å². The van der Waals surface area contributed by atoms with Gasteiger partial charge in [0.05, 0.1) is 17.6 Å². The molecule has 0 spiro atoms. The van der Waals surface area contributed by atoms with Gasteiger partial charge >= 0.3 is 0 Å². The Morgan fingerprint density at radius 1 is 1.33 bits per heavy atom. The number of nitrogens with two attached hydrogens (primary N) is 1. The minimum Gasteiger partial charge on any atom is -0.396 e. The summed E-state index contributed by atoms with van der Waals surface area (Å²) < 4.78 is 2.77. The van der Waals surface area contributed by atoms with Crippen molar-refractivity contribution in [1.82, 2.24) is 14.8 Å². The number of thiazole rings is 1. The second-order valence-electron chi connectivity index (χ2n) is 3.69. The van der Waals surface area contributed by atoms with Gasteiger partial charge in [0, 0.05) is 16.0 Å². The highest BCUT2D eigenvalue weighted by atomic mass is 79.9. The normalized spacial score (nSPS) is 10.7. The molecule has 3 aromatic rings. The average molecular weight is 321 g/mol. The van der Waals surface area contributed by atoms with Crippen molar-refractivity contribution in [3.8, 4) is 16.4 Å². The van der Waals surface area contributed by atoms with Gasteiger partial charge in [0.15, 0.2) is 0 Å². The van der Waals surface area contributed by atoms with Crippen LogP contribution in [0.3, 0.4) is 0 Å². The molecule has 0 atom stereocenters. The predicted molar refractivity (Wildman–Crippen MR) is 76.8 cm³/mol. The van der Waals surface area contributed by atoms with E-state index in [-0.39, 0.29) is 0 Å². The van der Waals surface area contributed by atoms with Gasteiger partial charge in [0.2, 0.25) is 0 Å². The van der Waals surface area contributed by atoms with E-state index in [1.165, 1.54) is 11.3 Å². The molecular weight excluding hydrogens is 312 g/mol. The van der Waals surface area contributed by atoms with Crippen LogP contribution in [0.2, 0.25) is 0 Å². The Morgan fingerprint density at radius 3 is 2.94 bits per heavy atom. The quantitative estimate of drug-likeness (QED) is 0.787. The van der Waals surface area contributed by atoms with Crippen LogP contribution < -0.4 is 5.73 Å². The van der Waals surface area contributed by atoms with Crippen LogP contribution in [0, 0.1) is 0 Å². The zero-order valence-electron chi connectivity index (χ0n) is 9.25. The monoisotopic (exact) mass is 320 g/mol. The van der Waals surface area contributed by atoms with Crippen LogP contribution in [0.4, 0.5) is 5.69 Å². The largest absolute Gasteiger partial charge is 0.396 e. The molecule has 90 valence electrons. The highest BCUT2D eigenvalue weighted by Crippen LogP contribution is 2.27. The highest BCUT2D eigenvalue weighted by Gasteiger charge is 2.11. The predicted octanol–water partition coefficient (Wildman–Crippen LogP) is 3.34.